The summed E-state index contributed by atoms with van der Waals surface area (Å²) < 4.78 is 0. The van der Waals surface area contributed by atoms with Crippen LogP contribution in [0.25, 0.3) is 10.9 Å². The fourth-order valence-electron chi connectivity index (χ4n) is 4.47. The van der Waals surface area contributed by atoms with Crippen LogP contribution in [0.5, 0.6) is 0 Å². The third-order valence-corrected chi connectivity index (χ3v) is 6.67. The molecule has 1 aromatic carbocycles. The number of fused-ring (bicyclic) bond motifs is 1. The van der Waals surface area contributed by atoms with E-state index in [9.17, 15) is 9.59 Å². The Morgan fingerprint density at radius 3 is 2.24 bits per heavy atom. The molecule has 2 atom stereocenters. The van der Waals surface area contributed by atoms with Crippen LogP contribution in [0.3, 0.4) is 0 Å². The molecule has 2 aromatic rings. The van der Waals surface area contributed by atoms with E-state index >= 15 is 0 Å². The largest absolute Gasteiger partial charge is 0.357 e. The van der Waals surface area contributed by atoms with Gasteiger partial charge in [0.05, 0.1) is 0 Å². The topological polar surface area (TPSA) is 74.0 Å². The number of nitrogens with one attached hydrogen (secondary N) is 3. The molecule has 0 saturated carbocycles. The van der Waals surface area contributed by atoms with Gasteiger partial charge in [-0.25, -0.2) is 0 Å². The minimum atomic E-state index is -0.611. The number of benzene rings is 1. The number of aromatic nitrogens is 1. The molecule has 1 saturated heterocycles. The summed E-state index contributed by atoms with van der Waals surface area (Å²) in [5.41, 5.74) is 7.93. The van der Waals surface area contributed by atoms with Crippen LogP contribution in [0.15, 0.2) is 48.1 Å². The van der Waals surface area contributed by atoms with Crippen molar-refractivity contribution in [2.24, 2.45) is 0 Å². The van der Waals surface area contributed by atoms with E-state index in [2.05, 4.69) is 88.0 Å². The molecular formula is C29H39N3O2. The maximum Gasteiger partial charge on any atom is 0.243 e. The molecule has 0 bridgehead atoms. The lowest BCUT2D eigenvalue weighted by molar-refractivity contribution is -0.136. The van der Waals surface area contributed by atoms with Crippen molar-refractivity contribution in [3.8, 4) is 0 Å². The molecule has 182 valence electrons. The first-order valence-corrected chi connectivity index (χ1v) is 12.1. The number of rotatable bonds is 8. The number of allylic oxidation sites excluding steroid dienone is 5. The van der Waals surface area contributed by atoms with Crippen molar-refractivity contribution in [3.05, 3.63) is 70.5 Å². The summed E-state index contributed by atoms with van der Waals surface area (Å²) >= 11 is 0. The molecule has 1 aliphatic rings. The van der Waals surface area contributed by atoms with Crippen LogP contribution in [0.2, 0.25) is 0 Å². The van der Waals surface area contributed by atoms with Gasteiger partial charge in [0.2, 0.25) is 11.8 Å². The normalized spacial score (nSPS) is 18.3. The second kappa shape index (κ2) is 10.0. The lowest BCUT2D eigenvalue weighted by Gasteiger charge is -2.29. The van der Waals surface area contributed by atoms with Crippen molar-refractivity contribution < 1.29 is 9.59 Å². The first-order chi connectivity index (χ1) is 15.9. The molecule has 0 aliphatic carbocycles. The van der Waals surface area contributed by atoms with Crippen LogP contribution in [-0.2, 0) is 34.3 Å². The van der Waals surface area contributed by atoms with E-state index in [1.807, 2.05) is 6.08 Å². The Bertz CT molecular complexity index is 1170. The van der Waals surface area contributed by atoms with E-state index in [1.165, 1.54) is 22.3 Å². The highest BCUT2D eigenvalue weighted by molar-refractivity contribution is 5.98. The highest BCUT2D eigenvalue weighted by atomic mass is 16.2. The number of H-pyrrole nitrogens is 1. The quantitative estimate of drug-likeness (QED) is 0.473. The van der Waals surface area contributed by atoms with Gasteiger partial charge in [-0.05, 0) is 70.2 Å². The standard InChI is InChI=1S/C29H39N3O2/c1-9-29(7,8)26-22(16-24-28(34)30-19(6)27(33)32-24)25-21(14-11-18(4)5)20(12-10-17(2)3)13-15-23(25)31-26/h9-11,13,15,19,24,31H,1,12,14,16H2,2-8H3,(H,30,34)(H,32,33)/t19-,24-/m0/s1. The van der Waals surface area contributed by atoms with Crippen LogP contribution in [0.4, 0.5) is 0 Å². The number of aromatic amines is 1. The number of amides is 2. The van der Waals surface area contributed by atoms with Crippen LogP contribution in [0.1, 0.15) is 70.9 Å². The van der Waals surface area contributed by atoms with Crippen LogP contribution < -0.4 is 10.6 Å². The summed E-state index contributed by atoms with van der Waals surface area (Å²) in [4.78, 5) is 28.8. The molecule has 0 spiro atoms. The Morgan fingerprint density at radius 2 is 1.62 bits per heavy atom. The number of carbonyl (C=O) groups excluding carboxylic acids is 2. The number of piperazine rings is 1. The van der Waals surface area contributed by atoms with Crippen molar-refractivity contribution in [3.63, 3.8) is 0 Å². The first kappa shape index (κ1) is 25.5. The minimum Gasteiger partial charge on any atom is -0.357 e. The van der Waals surface area contributed by atoms with Gasteiger partial charge in [0.1, 0.15) is 12.1 Å². The molecule has 1 aliphatic heterocycles. The summed E-state index contributed by atoms with van der Waals surface area (Å²) in [6.07, 6.45) is 8.53. The SMILES string of the molecule is C=CC(C)(C)c1[nH]c2ccc(CC=C(C)C)c(CC=C(C)C)c2c1C[C@@H]1NC(=O)[C@H](C)NC1=O. The molecule has 2 heterocycles. The van der Waals surface area contributed by atoms with Gasteiger partial charge < -0.3 is 15.6 Å². The second-order valence-corrected chi connectivity index (χ2v) is 10.5. The van der Waals surface area contributed by atoms with Crippen LogP contribution in [0, 0.1) is 0 Å². The summed E-state index contributed by atoms with van der Waals surface area (Å²) in [5.74, 6) is -0.293. The summed E-state index contributed by atoms with van der Waals surface area (Å²) in [7, 11) is 0. The van der Waals surface area contributed by atoms with Gasteiger partial charge in [-0.1, -0.05) is 49.3 Å². The van der Waals surface area contributed by atoms with Gasteiger partial charge in [-0.15, -0.1) is 6.58 Å². The van der Waals surface area contributed by atoms with Crippen molar-refractivity contribution in [1.82, 2.24) is 15.6 Å². The molecule has 34 heavy (non-hydrogen) atoms. The van der Waals surface area contributed by atoms with Gasteiger partial charge >= 0.3 is 0 Å². The van der Waals surface area contributed by atoms with E-state index in [-0.39, 0.29) is 17.2 Å². The molecule has 5 nitrogen and oxygen atoms in total. The Hall–Kier alpha value is -3.08. The monoisotopic (exact) mass is 461 g/mol. The summed E-state index contributed by atoms with van der Waals surface area (Å²) in [6, 6.07) is 3.22. The van der Waals surface area contributed by atoms with Gasteiger partial charge in [0.25, 0.3) is 0 Å². The van der Waals surface area contributed by atoms with Crippen LogP contribution >= 0.6 is 0 Å². The van der Waals surface area contributed by atoms with E-state index < -0.39 is 12.1 Å². The molecular weight excluding hydrogens is 422 g/mol. The van der Waals surface area contributed by atoms with Gasteiger partial charge in [-0.2, -0.15) is 0 Å². The fourth-order valence-corrected chi connectivity index (χ4v) is 4.47. The Kier molecular flexibility index (Phi) is 7.54. The number of carbonyl (C=O) groups is 2. The van der Waals surface area contributed by atoms with E-state index in [4.69, 9.17) is 0 Å². The Labute approximate surface area is 203 Å². The molecule has 1 fully saturated rings. The van der Waals surface area contributed by atoms with Crippen molar-refractivity contribution >= 4 is 22.7 Å². The maximum atomic E-state index is 12.8. The van der Waals surface area contributed by atoms with E-state index in [1.54, 1.807) is 6.92 Å². The molecule has 0 unspecified atom stereocenters. The Balaban J connectivity index is 2.26. The molecule has 3 rings (SSSR count). The average Bonchev–Trinajstić information content (AvgIpc) is 3.14. The minimum absolute atomic E-state index is 0.143. The van der Waals surface area contributed by atoms with E-state index in [0.717, 1.165) is 35.0 Å². The summed E-state index contributed by atoms with van der Waals surface area (Å²) in [6.45, 7) is 18.5. The predicted molar refractivity (Wildman–Crippen MR) is 141 cm³/mol. The smallest absolute Gasteiger partial charge is 0.243 e. The van der Waals surface area contributed by atoms with Gasteiger partial charge in [0, 0.05) is 28.4 Å². The third kappa shape index (κ3) is 5.35. The maximum absolute atomic E-state index is 12.8. The number of hydrogen-bond donors (Lipinski definition) is 3. The second-order valence-electron chi connectivity index (χ2n) is 10.5. The van der Waals surface area contributed by atoms with E-state index in [0.29, 0.717) is 6.42 Å². The molecule has 0 radical (unpaired) electrons. The molecule has 3 N–H and O–H groups in total. The lowest BCUT2D eigenvalue weighted by Crippen LogP contribution is -2.61. The Morgan fingerprint density at radius 1 is 0.971 bits per heavy atom. The van der Waals surface area contributed by atoms with Gasteiger partial charge in [-0.3, -0.25) is 9.59 Å². The molecule has 5 heteroatoms. The van der Waals surface area contributed by atoms with Crippen LogP contribution in [-0.4, -0.2) is 28.9 Å². The predicted octanol–water partition coefficient (Wildman–Crippen LogP) is 5.19. The fraction of sp³-hybridized carbons (Fsp3) is 0.448. The van der Waals surface area contributed by atoms with Crippen molar-refractivity contribution in [2.75, 3.05) is 0 Å². The summed E-state index contributed by atoms with van der Waals surface area (Å²) in [5, 5.41) is 6.90. The van der Waals surface area contributed by atoms with Crippen molar-refractivity contribution in [1.29, 1.82) is 0 Å². The zero-order valence-electron chi connectivity index (χ0n) is 21.7. The average molecular weight is 462 g/mol. The highest BCUT2D eigenvalue weighted by Crippen LogP contribution is 2.37. The number of hydrogen-bond acceptors (Lipinski definition) is 2. The van der Waals surface area contributed by atoms with Gasteiger partial charge in [0.15, 0.2) is 0 Å². The van der Waals surface area contributed by atoms with Crippen molar-refractivity contribution in [2.45, 2.75) is 85.2 Å². The zero-order chi connectivity index (χ0) is 25.2. The third-order valence-electron chi connectivity index (χ3n) is 6.67. The molecule has 2 amide bonds. The highest BCUT2D eigenvalue weighted by Gasteiger charge is 2.34. The first-order valence-electron chi connectivity index (χ1n) is 12.1. The lowest BCUT2D eigenvalue weighted by atomic mass is 9.83. The zero-order valence-corrected chi connectivity index (χ0v) is 21.7. The molecule has 1 aromatic heterocycles.